The van der Waals surface area contributed by atoms with Crippen molar-refractivity contribution in [3.05, 3.63) is 58.6 Å². The van der Waals surface area contributed by atoms with Gasteiger partial charge in [-0.1, -0.05) is 30.3 Å². The van der Waals surface area contributed by atoms with E-state index in [1.54, 1.807) is 11.2 Å². The van der Waals surface area contributed by atoms with Gasteiger partial charge >= 0.3 is 12.2 Å². The summed E-state index contributed by atoms with van der Waals surface area (Å²) in [6, 6.07) is 10.4. The van der Waals surface area contributed by atoms with Crippen molar-refractivity contribution >= 4 is 39.1 Å². The summed E-state index contributed by atoms with van der Waals surface area (Å²) in [5, 5.41) is 17.2. The van der Waals surface area contributed by atoms with Crippen LogP contribution in [0.5, 0.6) is 0 Å². The highest BCUT2D eigenvalue weighted by atomic mass is 79.9. The minimum Gasteiger partial charge on any atom is -0.444 e. The number of ether oxygens (including phenoxy) is 2. The van der Waals surface area contributed by atoms with Crippen LogP contribution in [0.2, 0.25) is 0 Å². The Balaban J connectivity index is 0.00000121. The molecular weight excluding hydrogens is 690 g/mol. The summed E-state index contributed by atoms with van der Waals surface area (Å²) in [5.41, 5.74) is 1.87. The number of halogens is 1. The SMILES string of the molecule is CC(C)(O)O.Cc1ncnc2c1c(Br)cn2[C@H]1CC[C@@H](CN(CCCN(CCc2ccccc2)C(=O)OC(C)(C)C)C(=O)OC(C)(C)C)C1. The summed E-state index contributed by atoms with van der Waals surface area (Å²) in [7, 11) is 0. The molecule has 1 fully saturated rings. The van der Waals surface area contributed by atoms with Gasteiger partial charge in [0.2, 0.25) is 0 Å². The number of aryl methyl sites for hydroxylation is 1. The van der Waals surface area contributed by atoms with E-state index >= 15 is 0 Å². The van der Waals surface area contributed by atoms with E-state index in [0.29, 0.717) is 44.6 Å². The number of hydrogen-bond acceptors (Lipinski definition) is 8. The van der Waals surface area contributed by atoms with Gasteiger partial charge in [-0.25, -0.2) is 19.6 Å². The molecule has 272 valence electrons. The van der Waals surface area contributed by atoms with E-state index in [9.17, 15) is 9.59 Å². The molecule has 4 rings (SSSR count). The number of hydrogen-bond donors (Lipinski definition) is 2. The molecule has 0 aliphatic heterocycles. The molecule has 2 aromatic heterocycles. The zero-order chi connectivity index (χ0) is 36.6. The van der Waals surface area contributed by atoms with Gasteiger partial charge in [0.1, 0.15) is 23.2 Å². The van der Waals surface area contributed by atoms with Crippen molar-refractivity contribution in [2.75, 3.05) is 26.2 Å². The fraction of sp³-hybridized carbons (Fsp3) is 0.622. The van der Waals surface area contributed by atoms with Crippen LogP contribution in [-0.2, 0) is 15.9 Å². The van der Waals surface area contributed by atoms with Gasteiger partial charge < -0.3 is 34.1 Å². The molecule has 0 radical (unpaired) electrons. The Kier molecular flexibility index (Phi) is 14.1. The lowest BCUT2D eigenvalue weighted by molar-refractivity contribution is -0.127. The lowest BCUT2D eigenvalue weighted by Crippen LogP contribution is -2.42. The highest BCUT2D eigenvalue weighted by molar-refractivity contribution is 9.10. The average molecular weight is 747 g/mol. The first-order chi connectivity index (χ1) is 22.7. The third-order valence-corrected chi connectivity index (χ3v) is 8.41. The van der Waals surface area contributed by atoms with Crippen molar-refractivity contribution in [3.8, 4) is 0 Å². The van der Waals surface area contributed by atoms with Crippen LogP contribution in [0.25, 0.3) is 11.0 Å². The first kappa shape index (κ1) is 40.2. The summed E-state index contributed by atoms with van der Waals surface area (Å²) in [6.45, 7) is 18.0. The fourth-order valence-electron chi connectivity index (χ4n) is 5.81. The number of carbonyl (C=O) groups excluding carboxylic acids is 2. The van der Waals surface area contributed by atoms with Crippen molar-refractivity contribution in [1.82, 2.24) is 24.3 Å². The van der Waals surface area contributed by atoms with Crippen LogP contribution in [-0.4, -0.2) is 89.9 Å². The molecule has 0 unspecified atom stereocenters. The van der Waals surface area contributed by atoms with Crippen molar-refractivity contribution in [3.63, 3.8) is 0 Å². The van der Waals surface area contributed by atoms with Gasteiger partial charge in [-0.15, -0.1) is 0 Å². The number of rotatable bonds is 10. The first-order valence-corrected chi connectivity index (χ1v) is 17.9. The van der Waals surface area contributed by atoms with Gasteiger partial charge in [0, 0.05) is 42.9 Å². The predicted octanol–water partition coefficient (Wildman–Crippen LogP) is 7.66. The molecule has 2 N–H and O–H groups in total. The van der Waals surface area contributed by atoms with Crippen LogP contribution >= 0.6 is 15.9 Å². The van der Waals surface area contributed by atoms with Crippen molar-refractivity contribution in [2.24, 2.45) is 5.92 Å². The van der Waals surface area contributed by atoms with Gasteiger partial charge in [0.15, 0.2) is 5.79 Å². The molecule has 1 saturated carbocycles. The zero-order valence-corrected chi connectivity index (χ0v) is 32.3. The Morgan fingerprint density at radius 3 is 2.06 bits per heavy atom. The van der Waals surface area contributed by atoms with Gasteiger partial charge in [-0.05, 0) is 122 Å². The van der Waals surface area contributed by atoms with E-state index in [1.165, 1.54) is 13.8 Å². The van der Waals surface area contributed by atoms with Crippen LogP contribution in [0.4, 0.5) is 9.59 Å². The average Bonchev–Trinajstić information content (AvgIpc) is 3.56. The molecule has 1 aliphatic carbocycles. The monoisotopic (exact) mass is 745 g/mol. The van der Waals surface area contributed by atoms with E-state index in [2.05, 4.69) is 48.8 Å². The molecule has 1 aromatic carbocycles. The normalized spacial score (nSPS) is 16.6. The number of amides is 2. The lowest BCUT2D eigenvalue weighted by atomic mass is 10.1. The maximum atomic E-state index is 13.4. The van der Waals surface area contributed by atoms with E-state index < -0.39 is 17.0 Å². The molecule has 3 aromatic rings. The second-order valence-electron chi connectivity index (χ2n) is 15.4. The highest BCUT2D eigenvalue weighted by Gasteiger charge is 2.32. The van der Waals surface area contributed by atoms with Gasteiger partial charge in [0.05, 0.1) is 11.1 Å². The molecular formula is C37H56BrN5O6. The molecule has 11 nitrogen and oxygen atoms in total. The van der Waals surface area contributed by atoms with Crippen molar-refractivity contribution < 1.29 is 29.3 Å². The first-order valence-electron chi connectivity index (χ1n) is 17.1. The summed E-state index contributed by atoms with van der Waals surface area (Å²) < 4.78 is 14.8. The molecule has 2 heterocycles. The summed E-state index contributed by atoms with van der Waals surface area (Å²) in [4.78, 5) is 39.1. The Morgan fingerprint density at radius 2 is 1.47 bits per heavy atom. The van der Waals surface area contributed by atoms with E-state index in [-0.39, 0.29) is 12.2 Å². The smallest absolute Gasteiger partial charge is 0.410 e. The summed E-state index contributed by atoms with van der Waals surface area (Å²) in [6.07, 6.45) is 7.41. The third-order valence-electron chi connectivity index (χ3n) is 7.81. The molecule has 12 heteroatoms. The number of nitrogens with zero attached hydrogens (tertiary/aromatic N) is 5. The number of aromatic nitrogens is 3. The second-order valence-corrected chi connectivity index (χ2v) is 16.2. The van der Waals surface area contributed by atoms with Crippen LogP contribution in [0.3, 0.4) is 0 Å². The van der Waals surface area contributed by atoms with Crippen LogP contribution in [0.15, 0.2) is 47.3 Å². The number of benzene rings is 1. The molecule has 2 amide bonds. The summed E-state index contributed by atoms with van der Waals surface area (Å²) in [5.74, 6) is -1.17. The number of fused-ring (bicyclic) bond motifs is 1. The second kappa shape index (κ2) is 17.1. The molecule has 1 aliphatic rings. The molecule has 0 spiro atoms. The maximum absolute atomic E-state index is 13.4. The lowest BCUT2D eigenvalue weighted by Gasteiger charge is -2.31. The standard InChI is InChI=1S/C34H48BrN5O4.C3H8O2/c1-24-29-28(35)22-40(30(29)37-23-36-24)27-15-14-26(20-27)21-39(32(42)44-34(5,6)7)18-11-17-38(31(41)43-33(2,3)4)19-16-25-12-9-8-10-13-25;1-3(2,4)5/h8-10,12-13,22-23,26-27H,11,14-21H2,1-7H3;4-5H,1-2H3/t26-,27+;/m1./s1. The topological polar surface area (TPSA) is 130 Å². The Labute approximate surface area is 300 Å². The number of carbonyl (C=O) groups is 2. The van der Waals surface area contributed by atoms with Crippen LogP contribution in [0, 0.1) is 12.8 Å². The van der Waals surface area contributed by atoms with Gasteiger partial charge in [-0.3, -0.25) is 0 Å². The maximum Gasteiger partial charge on any atom is 0.410 e. The largest absolute Gasteiger partial charge is 0.444 e. The van der Waals surface area contributed by atoms with E-state index in [1.807, 2.05) is 71.6 Å². The van der Waals surface area contributed by atoms with Crippen LogP contribution in [0.1, 0.15) is 98.4 Å². The third kappa shape index (κ3) is 13.9. The van der Waals surface area contributed by atoms with Gasteiger partial charge in [-0.2, -0.15) is 0 Å². The summed E-state index contributed by atoms with van der Waals surface area (Å²) >= 11 is 3.70. The number of aliphatic hydroxyl groups is 2. The Morgan fingerprint density at radius 1 is 0.898 bits per heavy atom. The minimum atomic E-state index is -1.50. The van der Waals surface area contributed by atoms with Crippen molar-refractivity contribution in [1.29, 1.82) is 0 Å². The minimum absolute atomic E-state index is 0.296. The quantitative estimate of drug-likeness (QED) is 0.203. The fourth-order valence-corrected chi connectivity index (χ4v) is 6.49. The molecule has 2 atom stereocenters. The predicted molar refractivity (Wildman–Crippen MR) is 195 cm³/mol. The zero-order valence-electron chi connectivity index (χ0n) is 30.7. The van der Waals surface area contributed by atoms with Crippen LogP contribution < -0.4 is 0 Å². The molecule has 0 bridgehead atoms. The van der Waals surface area contributed by atoms with E-state index in [4.69, 9.17) is 19.7 Å². The Hall–Kier alpha value is -3.22. The molecule has 49 heavy (non-hydrogen) atoms. The molecule has 0 saturated heterocycles. The van der Waals surface area contributed by atoms with Crippen molar-refractivity contribution in [2.45, 2.75) is 117 Å². The Bertz CT molecular complexity index is 1500. The van der Waals surface area contributed by atoms with E-state index in [0.717, 1.165) is 52.4 Å². The highest BCUT2D eigenvalue weighted by Crippen LogP contribution is 2.39. The van der Waals surface area contributed by atoms with Gasteiger partial charge in [0.25, 0.3) is 0 Å².